The number of aliphatic carboxylic acids is 1. The van der Waals surface area contributed by atoms with E-state index in [1.807, 2.05) is 21.1 Å². The molecule has 1 N–H and O–H groups in total. The summed E-state index contributed by atoms with van der Waals surface area (Å²) in [5, 5.41) is 9.68. The van der Waals surface area contributed by atoms with Gasteiger partial charge in [0.2, 0.25) is 0 Å². The van der Waals surface area contributed by atoms with Crippen molar-refractivity contribution < 1.29 is 42.9 Å². The number of carboxylic acid groups (broad SMARTS) is 1. The standard InChI is InChI=1S/C64H119NO8/c1-6-8-10-12-14-16-18-20-21-22-23-24-25-26-27-28-29-30-31-32-33-34-35-36-37-38-39-40-41-43-44-46-48-50-52-54-61(66)71-58-60(59-72-64(63(68)69)70-57-56-65(3,4)5)73-62(67)55-53-51-49-47-45-42-19-17-15-13-11-9-7-2/h11,13,17,19,22-23,60,64H,6-10,12,14-16,18,20-21,24-59H2,1-5H3/p+1/b13-11-,19-17-,23-22-. The Hall–Kier alpha value is -2.49. The van der Waals surface area contributed by atoms with Crippen LogP contribution in [0.3, 0.4) is 0 Å². The fourth-order valence-electron chi connectivity index (χ4n) is 9.05. The van der Waals surface area contributed by atoms with Gasteiger partial charge < -0.3 is 28.5 Å². The van der Waals surface area contributed by atoms with Gasteiger partial charge in [-0.05, 0) is 64.2 Å². The molecule has 0 bridgehead atoms. The number of carbonyl (C=O) groups excluding carboxylic acids is 2. The lowest BCUT2D eigenvalue weighted by molar-refractivity contribution is -0.870. The van der Waals surface area contributed by atoms with Gasteiger partial charge in [-0.2, -0.15) is 0 Å². The minimum atomic E-state index is -1.51. The van der Waals surface area contributed by atoms with Crippen molar-refractivity contribution in [2.24, 2.45) is 0 Å². The number of rotatable bonds is 58. The molecule has 0 spiro atoms. The number of quaternary nitrogens is 1. The van der Waals surface area contributed by atoms with E-state index in [-0.39, 0.29) is 32.2 Å². The van der Waals surface area contributed by atoms with Crippen molar-refractivity contribution in [2.75, 3.05) is 47.5 Å². The van der Waals surface area contributed by atoms with Gasteiger partial charge in [0.15, 0.2) is 6.10 Å². The first-order chi connectivity index (χ1) is 35.6. The lowest BCUT2D eigenvalue weighted by atomic mass is 10.0. The van der Waals surface area contributed by atoms with E-state index in [4.69, 9.17) is 18.9 Å². The van der Waals surface area contributed by atoms with Gasteiger partial charge >= 0.3 is 17.9 Å². The monoisotopic (exact) mass is 1030 g/mol. The van der Waals surface area contributed by atoms with Crippen LogP contribution in [-0.2, 0) is 33.3 Å². The molecule has 0 aliphatic rings. The van der Waals surface area contributed by atoms with Crippen molar-refractivity contribution in [3.63, 3.8) is 0 Å². The van der Waals surface area contributed by atoms with Crippen molar-refractivity contribution in [2.45, 2.75) is 309 Å². The maximum atomic E-state index is 12.8. The zero-order valence-corrected chi connectivity index (χ0v) is 48.8. The molecule has 0 aromatic carbocycles. The minimum Gasteiger partial charge on any atom is -0.477 e. The van der Waals surface area contributed by atoms with Crippen LogP contribution in [0, 0.1) is 0 Å². The highest BCUT2D eigenvalue weighted by Gasteiger charge is 2.25. The molecule has 2 atom stereocenters. The van der Waals surface area contributed by atoms with Gasteiger partial charge in [0.25, 0.3) is 6.29 Å². The van der Waals surface area contributed by atoms with E-state index in [0.717, 1.165) is 64.2 Å². The van der Waals surface area contributed by atoms with Crippen LogP contribution in [0.15, 0.2) is 36.5 Å². The van der Waals surface area contributed by atoms with Crippen LogP contribution in [0.1, 0.15) is 296 Å². The summed E-state index contributed by atoms with van der Waals surface area (Å²) in [6.07, 6.45) is 65.5. The lowest BCUT2D eigenvalue weighted by Gasteiger charge is -2.25. The Morgan fingerprint density at radius 2 is 0.767 bits per heavy atom. The second-order valence-electron chi connectivity index (χ2n) is 22.4. The van der Waals surface area contributed by atoms with Crippen molar-refractivity contribution >= 4 is 17.9 Å². The number of likely N-dealkylation sites (N-methyl/N-ethyl adjacent to an activating group) is 1. The highest BCUT2D eigenvalue weighted by Crippen LogP contribution is 2.18. The van der Waals surface area contributed by atoms with Crippen LogP contribution in [0.5, 0.6) is 0 Å². The predicted molar refractivity (Wildman–Crippen MR) is 309 cm³/mol. The third-order valence-electron chi connectivity index (χ3n) is 13.9. The quantitative estimate of drug-likeness (QED) is 0.0211. The van der Waals surface area contributed by atoms with Gasteiger partial charge in [-0.15, -0.1) is 0 Å². The molecular formula is C64H120NO8+. The predicted octanol–water partition coefficient (Wildman–Crippen LogP) is 18.5. The van der Waals surface area contributed by atoms with Crippen molar-refractivity contribution in [3.8, 4) is 0 Å². The van der Waals surface area contributed by atoms with Gasteiger partial charge in [0.1, 0.15) is 13.2 Å². The normalized spacial score (nSPS) is 12.9. The second-order valence-corrected chi connectivity index (χ2v) is 22.4. The molecule has 0 radical (unpaired) electrons. The smallest absolute Gasteiger partial charge is 0.361 e. The third-order valence-corrected chi connectivity index (χ3v) is 13.9. The molecule has 0 heterocycles. The molecule has 0 fully saturated rings. The first-order valence-electron chi connectivity index (χ1n) is 31.2. The zero-order valence-electron chi connectivity index (χ0n) is 48.8. The molecule has 0 aromatic rings. The Labute approximate surface area is 451 Å². The average molecular weight is 1030 g/mol. The molecule has 9 heteroatoms. The number of hydrogen-bond acceptors (Lipinski definition) is 7. The number of ether oxygens (including phenoxy) is 4. The number of hydrogen-bond donors (Lipinski definition) is 1. The second kappa shape index (κ2) is 55.7. The summed E-state index contributed by atoms with van der Waals surface area (Å²) < 4.78 is 22.8. The van der Waals surface area contributed by atoms with Crippen LogP contribution < -0.4 is 0 Å². The molecule has 73 heavy (non-hydrogen) atoms. The largest absolute Gasteiger partial charge is 0.477 e. The summed E-state index contributed by atoms with van der Waals surface area (Å²) >= 11 is 0. The van der Waals surface area contributed by atoms with Crippen molar-refractivity contribution in [1.82, 2.24) is 0 Å². The average Bonchev–Trinajstić information content (AvgIpc) is 3.36. The fraction of sp³-hybridized carbons (Fsp3) is 0.859. The summed E-state index contributed by atoms with van der Waals surface area (Å²) in [4.78, 5) is 37.3. The summed E-state index contributed by atoms with van der Waals surface area (Å²) in [5.74, 6) is -2.01. The third kappa shape index (κ3) is 57.1. The van der Waals surface area contributed by atoms with Crippen LogP contribution in [-0.4, -0.2) is 87.4 Å². The van der Waals surface area contributed by atoms with E-state index < -0.39 is 24.3 Å². The number of nitrogens with zero attached hydrogens (tertiary/aromatic N) is 1. The van der Waals surface area contributed by atoms with Crippen molar-refractivity contribution in [3.05, 3.63) is 36.5 Å². The molecule has 0 saturated heterocycles. The number of allylic oxidation sites excluding steroid dienone is 6. The molecule has 0 aliphatic heterocycles. The summed E-state index contributed by atoms with van der Waals surface area (Å²) in [6.45, 7) is 4.82. The molecule has 2 unspecified atom stereocenters. The Balaban J connectivity index is 3.96. The Bertz CT molecular complexity index is 1290. The van der Waals surface area contributed by atoms with Gasteiger partial charge in [-0.25, -0.2) is 4.79 Å². The summed E-state index contributed by atoms with van der Waals surface area (Å²) in [7, 11) is 5.97. The van der Waals surface area contributed by atoms with Gasteiger partial charge in [-0.1, -0.05) is 256 Å². The molecule has 0 rings (SSSR count). The number of carbonyl (C=O) groups is 3. The first kappa shape index (κ1) is 70.5. The molecule has 0 aliphatic carbocycles. The van der Waals surface area contributed by atoms with Gasteiger partial charge in [0.05, 0.1) is 34.4 Å². The van der Waals surface area contributed by atoms with E-state index in [0.29, 0.717) is 23.9 Å². The summed E-state index contributed by atoms with van der Waals surface area (Å²) in [5.41, 5.74) is 0. The lowest BCUT2D eigenvalue weighted by Crippen LogP contribution is -2.40. The Morgan fingerprint density at radius 3 is 1.15 bits per heavy atom. The van der Waals surface area contributed by atoms with Crippen molar-refractivity contribution in [1.29, 1.82) is 0 Å². The van der Waals surface area contributed by atoms with E-state index in [1.165, 1.54) is 199 Å². The Kier molecular flexibility index (Phi) is 53.8. The van der Waals surface area contributed by atoms with Crippen LogP contribution >= 0.6 is 0 Å². The SMILES string of the molecule is CCC/C=C\C/C=C\CCCCCCCC(=O)OC(COC(=O)CCCCCCCCCCCCCCCCCCCCCCCCC/C=C\CCCCCCCCCC)COC(OCC[N+](C)(C)C)C(=O)O. The number of carboxylic acids is 1. The topological polar surface area (TPSA) is 108 Å². The molecule has 0 saturated carbocycles. The van der Waals surface area contributed by atoms with Crippen LogP contribution in [0.4, 0.5) is 0 Å². The van der Waals surface area contributed by atoms with E-state index >= 15 is 0 Å². The van der Waals surface area contributed by atoms with Crippen LogP contribution in [0.2, 0.25) is 0 Å². The number of unbranched alkanes of at least 4 members (excludes halogenated alkanes) is 37. The van der Waals surface area contributed by atoms with E-state index in [9.17, 15) is 19.5 Å². The minimum absolute atomic E-state index is 0.184. The molecule has 428 valence electrons. The molecule has 0 amide bonds. The highest BCUT2D eigenvalue weighted by atomic mass is 16.7. The van der Waals surface area contributed by atoms with Gasteiger partial charge in [0, 0.05) is 12.8 Å². The van der Waals surface area contributed by atoms with E-state index in [1.54, 1.807) is 0 Å². The molecular weight excluding hydrogens is 911 g/mol. The highest BCUT2D eigenvalue weighted by molar-refractivity contribution is 5.71. The fourth-order valence-corrected chi connectivity index (χ4v) is 9.05. The maximum absolute atomic E-state index is 12.8. The van der Waals surface area contributed by atoms with Crippen LogP contribution in [0.25, 0.3) is 0 Å². The Morgan fingerprint density at radius 1 is 0.411 bits per heavy atom. The summed E-state index contributed by atoms with van der Waals surface area (Å²) in [6, 6.07) is 0. The van der Waals surface area contributed by atoms with Gasteiger partial charge in [-0.3, -0.25) is 9.59 Å². The first-order valence-corrected chi connectivity index (χ1v) is 31.2. The zero-order chi connectivity index (χ0) is 53.4. The van der Waals surface area contributed by atoms with E-state index in [2.05, 4.69) is 50.3 Å². The maximum Gasteiger partial charge on any atom is 0.361 e. The molecule has 9 nitrogen and oxygen atoms in total. The molecule has 0 aromatic heterocycles. The number of esters is 2.